The lowest BCUT2D eigenvalue weighted by Gasteiger charge is -2.23. The van der Waals surface area contributed by atoms with Gasteiger partial charge in [-0.05, 0) is 48.6 Å². The molecule has 1 fully saturated rings. The minimum absolute atomic E-state index is 0.0273. The number of hydrogen-bond acceptors (Lipinski definition) is 7. The highest BCUT2D eigenvalue weighted by molar-refractivity contribution is 7.92. The second-order valence-electron chi connectivity index (χ2n) is 13.8. The molecule has 4 heterocycles. The van der Waals surface area contributed by atoms with Gasteiger partial charge in [0.2, 0.25) is 15.9 Å². The molecular formula is C34H25ClF9N9O3S. The fourth-order valence-electron chi connectivity index (χ4n) is 7.54. The zero-order valence-corrected chi connectivity index (χ0v) is 30.3. The van der Waals surface area contributed by atoms with Gasteiger partial charge in [0.05, 0.1) is 45.6 Å². The lowest BCUT2D eigenvalue weighted by Crippen LogP contribution is -2.35. The molecule has 2 aliphatic carbocycles. The number of carbonyl (C=O) groups excluding carboxylic acids is 1. The van der Waals surface area contributed by atoms with Crippen molar-refractivity contribution in [1.82, 2.24) is 40.1 Å². The largest absolute Gasteiger partial charge is 0.408 e. The van der Waals surface area contributed by atoms with Crippen molar-refractivity contribution >= 4 is 55.3 Å². The van der Waals surface area contributed by atoms with Crippen molar-refractivity contribution < 1.29 is 52.7 Å². The van der Waals surface area contributed by atoms with E-state index in [9.17, 15) is 43.9 Å². The van der Waals surface area contributed by atoms with Crippen LogP contribution in [0, 0.1) is 17.6 Å². The van der Waals surface area contributed by atoms with Gasteiger partial charge in [-0.2, -0.15) is 37.2 Å². The van der Waals surface area contributed by atoms with E-state index in [4.69, 9.17) is 11.6 Å². The molecule has 6 aromatic rings. The summed E-state index contributed by atoms with van der Waals surface area (Å²) in [6, 6.07) is 4.88. The van der Waals surface area contributed by atoms with Crippen LogP contribution < -0.4 is 10.0 Å². The molecule has 3 N–H and O–H groups in total. The maximum Gasteiger partial charge on any atom is 0.408 e. The monoisotopic (exact) mass is 845 g/mol. The standard InChI is InChI=1S/C34H25ClF9N9O3S/c1-57(55,56)51-32-26-20(35)3-2-16(29(26)53(50-32)12-33(40,41)42)17-9-21-23(10-45-48-21)47-27(17)22(6-13-4-14(36)7-15(37)5-13)46-24(54)11-52-30-25(28(49-52)31(38)39)18-8-19(18)34(30,43)44/h2-5,7,9-10,18-19,22,31H,6,8,11-12H2,1H3,(H,45,48)(H,46,54)(H,50,51)/t18-,19+,22-/m0/s1. The smallest absolute Gasteiger partial charge is 0.346 e. The maximum absolute atomic E-state index is 15.3. The summed E-state index contributed by atoms with van der Waals surface area (Å²) < 4.78 is 157. The Balaban J connectivity index is 1.30. The van der Waals surface area contributed by atoms with E-state index < -0.39 is 101 Å². The van der Waals surface area contributed by atoms with E-state index in [-0.39, 0.29) is 61.3 Å². The maximum atomic E-state index is 15.3. The quantitative estimate of drug-likeness (QED) is 0.116. The average Bonchev–Trinajstić information content (AvgIpc) is 3.31. The van der Waals surface area contributed by atoms with Gasteiger partial charge >= 0.3 is 6.18 Å². The molecule has 0 radical (unpaired) electrons. The number of sulfonamides is 1. The van der Waals surface area contributed by atoms with E-state index in [2.05, 4.69) is 35.4 Å². The minimum atomic E-state index is -4.90. The van der Waals surface area contributed by atoms with E-state index >= 15 is 8.78 Å². The number of hydrogen-bond donors (Lipinski definition) is 3. The number of fused-ring (bicyclic) bond motifs is 5. The average molecular weight is 846 g/mol. The third kappa shape index (κ3) is 7.12. The Morgan fingerprint density at radius 3 is 2.44 bits per heavy atom. The van der Waals surface area contributed by atoms with Gasteiger partial charge in [0, 0.05) is 28.7 Å². The summed E-state index contributed by atoms with van der Waals surface area (Å²) in [6.07, 6.45) is -6.62. The van der Waals surface area contributed by atoms with Gasteiger partial charge in [-0.3, -0.25) is 24.0 Å². The number of H-pyrrole nitrogens is 1. The molecule has 0 bridgehead atoms. The Bertz CT molecular complexity index is 2710. The molecule has 2 aromatic carbocycles. The predicted molar refractivity (Wildman–Crippen MR) is 185 cm³/mol. The molecule has 0 spiro atoms. The van der Waals surface area contributed by atoms with Crippen LogP contribution in [0.3, 0.4) is 0 Å². The van der Waals surface area contributed by atoms with E-state index in [1.165, 1.54) is 24.4 Å². The Labute approximate surface area is 319 Å². The van der Waals surface area contributed by atoms with E-state index in [0.717, 1.165) is 18.4 Å². The van der Waals surface area contributed by atoms with Crippen LogP contribution in [0.4, 0.5) is 45.3 Å². The number of alkyl halides is 7. The summed E-state index contributed by atoms with van der Waals surface area (Å²) in [6.45, 7) is -2.74. The molecule has 8 rings (SSSR count). The van der Waals surface area contributed by atoms with Crippen molar-refractivity contribution in [3.63, 3.8) is 0 Å². The van der Waals surface area contributed by atoms with Crippen LogP contribution >= 0.6 is 11.6 Å². The van der Waals surface area contributed by atoms with Crippen molar-refractivity contribution in [3.8, 4) is 11.1 Å². The van der Waals surface area contributed by atoms with Crippen LogP contribution in [0.2, 0.25) is 5.02 Å². The van der Waals surface area contributed by atoms with Crippen molar-refractivity contribution in [1.29, 1.82) is 0 Å². The van der Waals surface area contributed by atoms with Crippen LogP contribution in [0.25, 0.3) is 33.1 Å². The van der Waals surface area contributed by atoms with Gasteiger partial charge in [-0.25, -0.2) is 31.0 Å². The summed E-state index contributed by atoms with van der Waals surface area (Å²) in [5.41, 5.74) is -2.38. The highest BCUT2D eigenvalue weighted by Crippen LogP contribution is 2.68. The molecule has 2 aliphatic rings. The number of aromatic nitrogens is 7. The topological polar surface area (TPSA) is 152 Å². The number of benzene rings is 2. The van der Waals surface area contributed by atoms with Crippen LogP contribution in [-0.4, -0.2) is 61.5 Å². The Morgan fingerprint density at radius 2 is 1.77 bits per heavy atom. The fourth-order valence-corrected chi connectivity index (χ4v) is 8.27. The molecule has 0 unspecified atom stereocenters. The number of halogens is 10. The molecule has 4 aromatic heterocycles. The zero-order chi connectivity index (χ0) is 40.9. The van der Waals surface area contributed by atoms with Gasteiger partial charge in [0.15, 0.2) is 5.82 Å². The molecule has 1 saturated carbocycles. The molecule has 12 nitrogen and oxygen atoms in total. The number of rotatable bonds is 11. The second-order valence-corrected chi connectivity index (χ2v) is 16.0. The first kappa shape index (κ1) is 38.5. The van der Waals surface area contributed by atoms with Crippen LogP contribution in [0.15, 0.2) is 42.6 Å². The first-order chi connectivity index (χ1) is 26.7. The van der Waals surface area contributed by atoms with Gasteiger partial charge in [0.1, 0.15) is 41.6 Å². The van der Waals surface area contributed by atoms with Gasteiger partial charge in [0.25, 0.3) is 12.3 Å². The van der Waals surface area contributed by atoms with Crippen LogP contribution in [-0.2, 0) is 40.3 Å². The van der Waals surface area contributed by atoms with Crippen molar-refractivity contribution in [3.05, 3.63) is 87.5 Å². The highest BCUT2D eigenvalue weighted by Gasteiger charge is 2.67. The van der Waals surface area contributed by atoms with E-state index in [1.807, 2.05) is 0 Å². The predicted octanol–water partition coefficient (Wildman–Crippen LogP) is 7.28. The molecular weight excluding hydrogens is 821 g/mol. The number of nitrogens with one attached hydrogen (secondary N) is 3. The Hall–Kier alpha value is -5.38. The molecule has 3 atom stereocenters. The Kier molecular flexibility index (Phi) is 9.02. The third-order valence-electron chi connectivity index (χ3n) is 9.69. The van der Waals surface area contributed by atoms with Crippen molar-refractivity contribution in [2.45, 2.75) is 56.4 Å². The molecule has 1 amide bonds. The number of anilines is 1. The summed E-state index contributed by atoms with van der Waals surface area (Å²) in [4.78, 5) is 18.5. The molecule has 300 valence electrons. The molecule has 0 saturated heterocycles. The lowest BCUT2D eigenvalue weighted by molar-refractivity contribution is -0.141. The summed E-state index contributed by atoms with van der Waals surface area (Å²) in [7, 11) is -4.13. The zero-order valence-electron chi connectivity index (χ0n) is 28.8. The van der Waals surface area contributed by atoms with Crippen LogP contribution in [0.5, 0.6) is 0 Å². The number of pyridine rings is 1. The normalized spacial score (nSPS) is 18.0. The SMILES string of the molecule is CS(=O)(=O)Nc1nn(CC(F)(F)F)c2c(-c3cc4[nH]ncc4nc3[C@H](Cc3cc(F)cc(F)c3)NC(=O)Cn3nc(C(F)F)c4c3C(F)(F)[C@@H]3C[C@H]43)ccc(Cl)c12. The van der Waals surface area contributed by atoms with E-state index in [0.29, 0.717) is 15.4 Å². The van der Waals surface area contributed by atoms with Gasteiger partial charge < -0.3 is 5.32 Å². The lowest BCUT2D eigenvalue weighted by atomic mass is 9.93. The molecule has 23 heteroatoms. The molecule has 57 heavy (non-hydrogen) atoms. The second kappa shape index (κ2) is 13.4. The summed E-state index contributed by atoms with van der Waals surface area (Å²) in [5, 5.41) is 16.3. The number of aromatic amines is 1. The van der Waals surface area contributed by atoms with Gasteiger partial charge in [-0.1, -0.05) is 17.7 Å². The van der Waals surface area contributed by atoms with Crippen LogP contribution in [0.1, 0.15) is 53.0 Å². The number of amides is 1. The van der Waals surface area contributed by atoms with Gasteiger partial charge in [-0.15, -0.1) is 0 Å². The van der Waals surface area contributed by atoms with Crippen molar-refractivity contribution in [2.75, 3.05) is 11.0 Å². The number of carbonyl (C=O) groups is 1. The third-order valence-corrected chi connectivity index (χ3v) is 10.6. The number of nitrogens with zero attached hydrogens (tertiary/aromatic N) is 6. The highest BCUT2D eigenvalue weighted by atomic mass is 35.5. The molecule has 0 aliphatic heterocycles. The summed E-state index contributed by atoms with van der Waals surface area (Å²) >= 11 is 6.45. The first-order valence-electron chi connectivity index (χ1n) is 16.8. The van der Waals surface area contributed by atoms with Crippen molar-refractivity contribution in [2.24, 2.45) is 5.92 Å². The fraction of sp³-hybridized carbons (Fsp3) is 0.324. The first-order valence-corrected chi connectivity index (χ1v) is 19.0. The van der Waals surface area contributed by atoms with E-state index in [1.54, 1.807) is 0 Å². The minimum Gasteiger partial charge on any atom is -0.346 e. The summed E-state index contributed by atoms with van der Waals surface area (Å²) in [5.74, 6) is -9.30. The Morgan fingerprint density at radius 1 is 1.05 bits per heavy atom.